The summed E-state index contributed by atoms with van der Waals surface area (Å²) in [6.45, 7) is 4.82. The Morgan fingerprint density at radius 1 is 1.47 bits per heavy atom. The summed E-state index contributed by atoms with van der Waals surface area (Å²) in [5.41, 5.74) is 0.363. The lowest BCUT2D eigenvalue weighted by Crippen LogP contribution is -2.03. The number of halogens is 1. The van der Waals surface area contributed by atoms with Crippen molar-refractivity contribution in [2.45, 2.75) is 26.9 Å². The van der Waals surface area contributed by atoms with Gasteiger partial charge in [-0.15, -0.1) is 0 Å². The second-order valence-electron chi connectivity index (χ2n) is 4.35. The Hall–Kier alpha value is -1.42. The number of hydrogen-bond donors (Lipinski definition) is 1. The zero-order valence-electron chi connectivity index (χ0n) is 10.1. The van der Waals surface area contributed by atoms with Gasteiger partial charge in [-0.3, -0.25) is 0 Å². The van der Waals surface area contributed by atoms with Gasteiger partial charge in [-0.05, 0) is 30.5 Å². The predicted octanol–water partition coefficient (Wildman–Crippen LogP) is 3.09. The second-order valence-corrected chi connectivity index (χ2v) is 4.35. The lowest BCUT2D eigenvalue weighted by molar-refractivity contribution is 0.0696. The minimum Gasteiger partial charge on any atom is -0.478 e. The molecule has 0 aliphatic heterocycles. The van der Waals surface area contributed by atoms with E-state index in [1.165, 1.54) is 12.1 Å². The fourth-order valence-corrected chi connectivity index (χ4v) is 1.32. The molecule has 17 heavy (non-hydrogen) atoms. The van der Waals surface area contributed by atoms with Crippen LogP contribution >= 0.6 is 0 Å². The molecule has 4 heteroatoms. The van der Waals surface area contributed by atoms with E-state index in [1.54, 1.807) is 0 Å². The van der Waals surface area contributed by atoms with E-state index in [1.807, 2.05) is 0 Å². The summed E-state index contributed by atoms with van der Waals surface area (Å²) in [4.78, 5) is 10.7. The maximum absolute atomic E-state index is 13.3. The maximum Gasteiger partial charge on any atom is 0.335 e. The number of benzene rings is 1. The minimum absolute atomic E-state index is 0.0776. The highest BCUT2D eigenvalue weighted by atomic mass is 19.1. The van der Waals surface area contributed by atoms with E-state index in [4.69, 9.17) is 9.84 Å². The minimum atomic E-state index is -1.06. The molecule has 0 saturated heterocycles. The average molecular weight is 240 g/mol. The lowest BCUT2D eigenvalue weighted by Gasteiger charge is -2.08. The Morgan fingerprint density at radius 2 is 2.18 bits per heavy atom. The monoisotopic (exact) mass is 240 g/mol. The molecular weight excluding hydrogens is 223 g/mol. The molecule has 0 amide bonds. The first-order valence-corrected chi connectivity index (χ1v) is 5.60. The molecule has 0 aromatic heterocycles. The zero-order chi connectivity index (χ0) is 12.8. The van der Waals surface area contributed by atoms with Gasteiger partial charge in [0.2, 0.25) is 0 Å². The number of carboxylic acid groups (broad SMARTS) is 1. The molecule has 0 radical (unpaired) electrons. The van der Waals surface area contributed by atoms with Crippen molar-refractivity contribution in [3.63, 3.8) is 0 Å². The molecule has 0 fully saturated rings. The largest absolute Gasteiger partial charge is 0.478 e. The molecule has 0 atom stereocenters. The van der Waals surface area contributed by atoms with Gasteiger partial charge in [0.15, 0.2) is 0 Å². The third-order valence-corrected chi connectivity index (χ3v) is 2.39. The van der Waals surface area contributed by atoms with Crippen molar-refractivity contribution in [2.24, 2.45) is 5.92 Å². The molecule has 0 unspecified atom stereocenters. The highest BCUT2D eigenvalue weighted by Gasteiger charge is 2.08. The Bertz CT molecular complexity index is 388. The van der Waals surface area contributed by atoms with E-state index in [9.17, 15) is 9.18 Å². The number of carboxylic acids is 1. The van der Waals surface area contributed by atoms with E-state index < -0.39 is 11.8 Å². The Morgan fingerprint density at radius 3 is 2.76 bits per heavy atom. The first-order chi connectivity index (χ1) is 8.00. The van der Waals surface area contributed by atoms with Crippen molar-refractivity contribution < 1.29 is 19.0 Å². The average Bonchev–Trinajstić information content (AvgIpc) is 2.25. The van der Waals surface area contributed by atoms with Crippen molar-refractivity contribution in [3.8, 4) is 0 Å². The number of ether oxygens (including phenoxy) is 1. The molecule has 1 aromatic rings. The third-order valence-electron chi connectivity index (χ3n) is 2.39. The van der Waals surface area contributed by atoms with Gasteiger partial charge in [-0.2, -0.15) is 0 Å². The fourth-order valence-electron chi connectivity index (χ4n) is 1.32. The summed E-state index contributed by atoms with van der Waals surface area (Å²) in [5.74, 6) is -0.960. The van der Waals surface area contributed by atoms with Crippen LogP contribution in [0.3, 0.4) is 0 Å². The SMILES string of the molecule is CC(C)CCOCc1cc(C(=O)O)ccc1F. The van der Waals surface area contributed by atoms with Crippen LogP contribution in [0.15, 0.2) is 18.2 Å². The van der Waals surface area contributed by atoms with Crippen LogP contribution in [0.5, 0.6) is 0 Å². The number of aromatic carboxylic acids is 1. The molecular formula is C13H17FO3. The Labute approximate surface area is 100 Å². The highest BCUT2D eigenvalue weighted by molar-refractivity contribution is 5.87. The lowest BCUT2D eigenvalue weighted by atomic mass is 10.1. The molecule has 1 rings (SSSR count). The van der Waals surface area contributed by atoms with E-state index in [2.05, 4.69) is 13.8 Å². The zero-order valence-corrected chi connectivity index (χ0v) is 10.1. The molecule has 0 aliphatic carbocycles. The van der Waals surface area contributed by atoms with Gasteiger partial charge in [0.1, 0.15) is 5.82 Å². The summed E-state index contributed by atoms with van der Waals surface area (Å²) in [5, 5.41) is 8.78. The van der Waals surface area contributed by atoms with Gasteiger partial charge in [0.25, 0.3) is 0 Å². The van der Waals surface area contributed by atoms with Crippen molar-refractivity contribution in [2.75, 3.05) is 6.61 Å². The summed E-state index contributed by atoms with van der Waals surface area (Å²) in [6.07, 6.45) is 0.903. The van der Waals surface area contributed by atoms with Crippen molar-refractivity contribution >= 4 is 5.97 Å². The number of hydrogen-bond acceptors (Lipinski definition) is 2. The summed E-state index contributed by atoms with van der Waals surface area (Å²) in [6, 6.07) is 3.72. The van der Waals surface area contributed by atoms with Crippen LogP contribution < -0.4 is 0 Å². The van der Waals surface area contributed by atoms with Crippen molar-refractivity contribution in [3.05, 3.63) is 35.1 Å². The van der Waals surface area contributed by atoms with Crippen LogP contribution in [0.1, 0.15) is 36.2 Å². The molecule has 1 N–H and O–H groups in total. The van der Waals surface area contributed by atoms with Gasteiger partial charge in [-0.25, -0.2) is 9.18 Å². The molecule has 0 spiro atoms. The number of rotatable bonds is 6. The molecule has 0 aliphatic rings. The third kappa shape index (κ3) is 4.53. The van der Waals surface area contributed by atoms with Gasteiger partial charge in [-0.1, -0.05) is 13.8 Å². The first kappa shape index (κ1) is 13.6. The standard InChI is InChI=1S/C13H17FO3/c1-9(2)5-6-17-8-11-7-10(13(15)16)3-4-12(11)14/h3-4,7,9H,5-6,8H2,1-2H3,(H,15,16). The molecule has 0 bridgehead atoms. The quantitative estimate of drug-likeness (QED) is 0.777. The van der Waals surface area contributed by atoms with E-state index in [0.717, 1.165) is 12.5 Å². The van der Waals surface area contributed by atoms with Crippen LogP contribution in [0.2, 0.25) is 0 Å². The Kier molecular flexibility index (Phi) is 5.10. The topological polar surface area (TPSA) is 46.5 Å². The summed E-state index contributed by atoms with van der Waals surface area (Å²) < 4.78 is 18.7. The summed E-state index contributed by atoms with van der Waals surface area (Å²) in [7, 11) is 0. The molecule has 3 nitrogen and oxygen atoms in total. The van der Waals surface area contributed by atoms with Crippen LogP contribution in [0, 0.1) is 11.7 Å². The van der Waals surface area contributed by atoms with Crippen LogP contribution in [0.4, 0.5) is 4.39 Å². The van der Waals surface area contributed by atoms with Crippen LogP contribution in [0.25, 0.3) is 0 Å². The van der Waals surface area contributed by atoms with Gasteiger partial charge in [0, 0.05) is 12.2 Å². The molecule has 1 aromatic carbocycles. The van der Waals surface area contributed by atoms with Crippen LogP contribution in [-0.4, -0.2) is 17.7 Å². The highest BCUT2D eigenvalue weighted by Crippen LogP contribution is 2.12. The van der Waals surface area contributed by atoms with Gasteiger partial charge in [0.05, 0.1) is 12.2 Å². The Balaban J connectivity index is 2.57. The van der Waals surface area contributed by atoms with Gasteiger partial charge < -0.3 is 9.84 Å². The van der Waals surface area contributed by atoms with E-state index in [-0.39, 0.29) is 17.7 Å². The van der Waals surface area contributed by atoms with Gasteiger partial charge >= 0.3 is 5.97 Å². The second kappa shape index (κ2) is 6.35. The van der Waals surface area contributed by atoms with E-state index in [0.29, 0.717) is 12.5 Å². The van der Waals surface area contributed by atoms with E-state index >= 15 is 0 Å². The molecule has 94 valence electrons. The molecule has 0 heterocycles. The van der Waals surface area contributed by atoms with Crippen LogP contribution in [-0.2, 0) is 11.3 Å². The van der Waals surface area contributed by atoms with Crippen molar-refractivity contribution in [1.82, 2.24) is 0 Å². The maximum atomic E-state index is 13.3. The summed E-state index contributed by atoms with van der Waals surface area (Å²) >= 11 is 0. The smallest absolute Gasteiger partial charge is 0.335 e. The number of carbonyl (C=O) groups is 1. The normalized spacial score (nSPS) is 10.8. The fraction of sp³-hybridized carbons (Fsp3) is 0.462. The molecule has 0 saturated carbocycles. The van der Waals surface area contributed by atoms with Crippen molar-refractivity contribution in [1.29, 1.82) is 0 Å². The predicted molar refractivity (Wildman–Crippen MR) is 62.5 cm³/mol. The first-order valence-electron chi connectivity index (χ1n) is 5.60.